The van der Waals surface area contributed by atoms with Crippen LogP contribution in [0.1, 0.15) is 13.8 Å². The molecule has 1 rings (SSSR count). The topological polar surface area (TPSA) is 44.8 Å². The quantitative estimate of drug-likeness (QED) is 0.531. The lowest BCUT2D eigenvalue weighted by molar-refractivity contribution is -0.396. The molecule has 0 spiro atoms. The van der Waals surface area contributed by atoms with Crippen molar-refractivity contribution in [1.29, 1.82) is 0 Å². The van der Waals surface area contributed by atoms with Crippen LogP contribution in [0.4, 0.5) is 17.6 Å². The Hall–Kier alpha value is -0.170. The van der Waals surface area contributed by atoms with Crippen LogP contribution >= 0.6 is 7.82 Å². The van der Waals surface area contributed by atoms with Gasteiger partial charge in [0, 0.05) is 7.11 Å². The van der Waals surface area contributed by atoms with Crippen molar-refractivity contribution >= 4 is 7.82 Å². The van der Waals surface area contributed by atoms with Gasteiger partial charge in [0.1, 0.15) is 5.41 Å². The summed E-state index contributed by atoms with van der Waals surface area (Å²) in [5, 5.41) is 0. The minimum atomic E-state index is -4.92. The van der Waals surface area contributed by atoms with Gasteiger partial charge in [0.2, 0.25) is 0 Å². The third-order valence-corrected chi connectivity index (χ3v) is 3.48. The van der Waals surface area contributed by atoms with E-state index < -0.39 is 25.5 Å². The molecular formula is C6H9F4O4P. The van der Waals surface area contributed by atoms with Gasteiger partial charge in [-0.3, -0.25) is 4.52 Å². The number of halogens is 4. The summed E-state index contributed by atoms with van der Waals surface area (Å²) >= 11 is 0. The first-order valence-corrected chi connectivity index (χ1v) is 5.26. The maximum atomic E-state index is 13.1. The van der Waals surface area contributed by atoms with Crippen molar-refractivity contribution in [2.75, 3.05) is 7.11 Å². The average Bonchev–Trinajstić information content (AvgIpc) is 1.99. The Morgan fingerprint density at radius 2 is 1.40 bits per heavy atom. The molecule has 9 heteroatoms. The van der Waals surface area contributed by atoms with Crippen LogP contribution in [-0.4, -0.2) is 19.3 Å². The van der Waals surface area contributed by atoms with E-state index in [1.807, 2.05) is 0 Å². The minimum absolute atomic E-state index is 0.534. The molecule has 4 nitrogen and oxygen atoms in total. The van der Waals surface area contributed by atoms with Gasteiger partial charge in [-0.25, -0.2) is 13.6 Å². The number of rotatable bonds is 1. The van der Waals surface area contributed by atoms with Crippen molar-refractivity contribution in [3.8, 4) is 0 Å². The van der Waals surface area contributed by atoms with Gasteiger partial charge in [0.25, 0.3) is 0 Å². The van der Waals surface area contributed by atoms with E-state index in [2.05, 4.69) is 13.6 Å². The van der Waals surface area contributed by atoms with Crippen LogP contribution in [0.3, 0.4) is 0 Å². The summed E-state index contributed by atoms with van der Waals surface area (Å²) in [6.45, 7) is 1.07. The standard InChI is InChI=1S/C6H9F4O4P/c1-4(2)5(7,8)13-15(11,12-3)14-6(4,9)10/h1-3H3. The highest BCUT2D eigenvalue weighted by Crippen LogP contribution is 2.68. The Balaban J connectivity index is 3.19. The fourth-order valence-electron chi connectivity index (χ4n) is 0.772. The second-order valence-electron chi connectivity index (χ2n) is 3.47. The van der Waals surface area contributed by atoms with Crippen molar-refractivity contribution in [3.63, 3.8) is 0 Å². The molecule has 1 saturated heterocycles. The van der Waals surface area contributed by atoms with Gasteiger partial charge in [0.05, 0.1) is 0 Å². The van der Waals surface area contributed by atoms with Crippen LogP contribution < -0.4 is 0 Å². The fourth-order valence-corrected chi connectivity index (χ4v) is 1.98. The van der Waals surface area contributed by atoms with Crippen molar-refractivity contribution in [2.24, 2.45) is 5.41 Å². The van der Waals surface area contributed by atoms with E-state index in [1.54, 1.807) is 0 Å². The van der Waals surface area contributed by atoms with E-state index in [-0.39, 0.29) is 0 Å². The molecule has 0 amide bonds. The second kappa shape index (κ2) is 3.16. The Bertz CT molecular complexity index is 292. The van der Waals surface area contributed by atoms with E-state index in [9.17, 15) is 22.1 Å². The van der Waals surface area contributed by atoms with Gasteiger partial charge in [-0.1, -0.05) is 0 Å². The molecule has 0 radical (unpaired) electrons. The molecule has 0 aromatic carbocycles. The molecule has 0 unspecified atom stereocenters. The third kappa shape index (κ3) is 1.80. The maximum absolute atomic E-state index is 13.1. The SMILES string of the molecule is COP1(=O)OC(F)(F)C(C)(C)C(F)(F)O1. The predicted octanol–water partition coefficient (Wildman–Crippen LogP) is 3.00. The molecule has 1 fully saturated rings. The van der Waals surface area contributed by atoms with Crippen LogP contribution in [0.15, 0.2) is 0 Å². The molecule has 0 aromatic rings. The highest BCUT2D eigenvalue weighted by atomic mass is 31.2. The summed E-state index contributed by atoms with van der Waals surface area (Å²) in [5.74, 6) is 0. The number of phosphoric ester groups is 1. The number of phosphoric acid groups is 1. The lowest BCUT2D eigenvalue weighted by Crippen LogP contribution is -2.55. The highest BCUT2D eigenvalue weighted by molar-refractivity contribution is 7.48. The van der Waals surface area contributed by atoms with Crippen LogP contribution in [0, 0.1) is 5.41 Å². The second-order valence-corrected chi connectivity index (χ2v) is 5.10. The van der Waals surface area contributed by atoms with Gasteiger partial charge < -0.3 is 0 Å². The Morgan fingerprint density at radius 3 is 1.67 bits per heavy atom. The van der Waals surface area contributed by atoms with E-state index in [4.69, 9.17) is 0 Å². The van der Waals surface area contributed by atoms with Crippen molar-refractivity contribution < 1.29 is 35.7 Å². The number of alkyl halides is 4. The van der Waals surface area contributed by atoms with Crippen LogP contribution in [0.25, 0.3) is 0 Å². The third-order valence-electron chi connectivity index (χ3n) is 2.13. The molecule has 0 aliphatic carbocycles. The van der Waals surface area contributed by atoms with E-state index >= 15 is 0 Å². The van der Waals surface area contributed by atoms with E-state index in [1.165, 1.54) is 0 Å². The van der Waals surface area contributed by atoms with Gasteiger partial charge in [-0.15, -0.1) is 0 Å². The number of hydrogen-bond donors (Lipinski definition) is 0. The van der Waals surface area contributed by atoms with Gasteiger partial charge in [0.15, 0.2) is 0 Å². The molecule has 90 valence electrons. The van der Waals surface area contributed by atoms with Crippen LogP contribution in [0.2, 0.25) is 0 Å². The molecular weight excluding hydrogens is 243 g/mol. The summed E-state index contributed by atoms with van der Waals surface area (Å²) in [4.78, 5) is 0. The smallest absolute Gasteiger partial charge is 0.290 e. The average molecular weight is 252 g/mol. The van der Waals surface area contributed by atoms with Gasteiger partial charge >= 0.3 is 20.0 Å². The summed E-state index contributed by atoms with van der Waals surface area (Å²) < 4.78 is 74.8. The van der Waals surface area contributed by atoms with Crippen molar-refractivity contribution in [2.45, 2.75) is 26.1 Å². The molecule has 0 N–H and O–H groups in total. The van der Waals surface area contributed by atoms with Gasteiger partial charge in [-0.05, 0) is 13.8 Å². The molecule has 1 aliphatic heterocycles. The minimum Gasteiger partial charge on any atom is -0.290 e. The van der Waals surface area contributed by atoms with Crippen LogP contribution in [0.5, 0.6) is 0 Å². The number of hydrogen-bond acceptors (Lipinski definition) is 4. The Kier molecular flexibility index (Phi) is 2.72. The maximum Gasteiger partial charge on any atom is 0.484 e. The largest absolute Gasteiger partial charge is 0.484 e. The summed E-state index contributed by atoms with van der Waals surface area (Å²) in [7, 11) is -4.25. The zero-order chi connectivity index (χ0) is 12.1. The fraction of sp³-hybridized carbons (Fsp3) is 1.00. The highest BCUT2D eigenvalue weighted by Gasteiger charge is 2.73. The first-order valence-electron chi connectivity index (χ1n) is 3.80. The predicted molar refractivity (Wildman–Crippen MR) is 40.5 cm³/mol. The summed E-state index contributed by atoms with van der Waals surface area (Å²) in [5.41, 5.74) is -2.94. The molecule has 0 aromatic heterocycles. The summed E-state index contributed by atoms with van der Waals surface area (Å²) in [6, 6.07) is 0. The van der Waals surface area contributed by atoms with E-state index in [0.717, 1.165) is 0 Å². The molecule has 0 atom stereocenters. The van der Waals surface area contributed by atoms with Crippen molar-refractivity contribution in [3.05, 3.63) is 0 Å². The zero-order valence-electron chi connectivity index (χ0n) is 8.09. The lowest BCUT2D eigenvalue weighted by Gasteiger charge is -2.43. The van der Waals surface area contributed by atoms with Crippen LogP contribution in [-0.2, 0) is 18.1 Å². The summed E-state index contributed by atoms with van der Waals surface area (Å²) in [6.07, 6.45) is -8.64. The van der Waals surface area contributed by atoms with Gasteiger partial charge in [-0.2, -0.15) is 17.6 Å². The normalized spacial score (nSPS) is 31.1. The van der Waals surface area contributed by atoms with Crippen molar-refractivity contribution in [1.82, 2.24) is 0 Å². The first kappa shape index (κ1) is 12.9. The Labute approximate surface area is 83.1 Å². The monoisotopic (exact) mass is 252 g/mol. The lowest BCUT2D eigenvalue weighted by atomic mass is 9.90. The zero-order valence-corrected chi connectivity index (χ0v) is 8.99. The Morgan fingerprint density at radius 1 is 1.07 bits per heavy atom. The molecule has 0 saturated carbocycles. The van der Waals surface area contributed by atoms with E-state index in [0.29, 0.717) is 21.0 Å². The molecule has 0 bridgehead atoms. The molecule has 1 heterocycles. The molecule has 15 heavy (non-hydrogen) atoms. The molecule has 1 aliphatic rings. The first-order chi connectivity index (χ1) is 6.47.